The molecule has 0 unspecified atom stereocenters. The number of anilines is 2. The zero-order valence-electron chi connectivity index (χ0n) is 37.3. The molecule has 2 N–H and O–H groups in total. The molecule has 66 heavy (non-hydrogen) atoms. The third kappa shape index (κ3) is 13.4. The Hall–Kier alpha value is -5.40. The van der Waals surface area contributed by atoms with Gasteiger partial charge in [0, 0.05) is 54.4 Å². The molecule has 2 aromatic heterocycles. The van der Waals surface area contributed by atoms with E-state index in [0.29, 0.717) is 11.8 Å². The first-order valence-electron chi connectivity index (χ1n) is 23.0. The first-order valence-corrected chi connectivity index (χ1v) is 24.1. The van der Waals surface area contributed by atoms with Crippen LogP contribution in [0.3, 0.4) is 0 Å². The van der Waals surface area contributed by atoms with Gasteiger partial charge in [0.25, 0.3) is 0 Å². The number of benzene rings is 4. The van der Waals surface area contributed by atoms with Gasteiger partial charge < -0.3 is 24.6 Å². The number of hydrogen-bond acceptors (Lipinski definition) is 9. The van der Waals surface area contributed by atoms with Crippen LogP contribution in [-0.2, 0) is 30.9 Å². The van der Waals surface area contributed by atoms with Gasteiger partial charge in [0.2, 0.25) is 0 Å². The zero-order valence-corrected chi connectivity index (χ0v) is 40.6. The number of esters is 2. The number of hydrogen-bond donors (Lipinski definition) is 2. The lowest BCUT2D eigenvalue weighted by Crippen LogP contribution is -2.64. The fourth-order valence-corrected chi connectivity index (χ4v) is 9.95. The maximum Gasteiger partial charge on any atom is 0.333 e. The standard InChI is InChI=1S/C27H30N3O2.C21H24N2O2.C6H6BrN.BrH/c31-27(26(22-9-3-1-4-10-22)29-23-11-5-2-6-12-23)32-25-20-30(17-14-21(25)15-18-30)19-24-13-7-8-16-28-24;24-21(25-19-15-23-13-11-16(19)12-14-23)20(17-7-3-1-4-8-17)22-18-9-5-2-6-10-18;7-5-6-3-1-2-4-8-6;/h1-13,16,21,25-26,29H,14-15,17-20H2;1-10,16,19-20,22H,11-15H2;1-4H,5H2;1H/q+1;;;/t21?,25-,26+,30?;19-,20+;;/m00../s1. The highest BCUT2D eigenvalue weighted by Crippen LogP contribution is 2.38. The van der Waals surface area contributed by atoms with Crippen LogP contribution in [0.4, 0.5) is 11.4 Å². The Labute approximate surface area is 408 Å². The number of fused-ring (bicyclic) bond motifs is 6. The summed E-state index contributed by atoms with van der Waals surface area (Å²) in [5.41, 5.74) is 5.86. The van der Waals surface area contributed by atoms with Crippen molar-refractivity contribution in [2.45, 2.75) is 61.8 Å². The largest absolute Gasteiger partial charge is 0.459 e. The Balaban J connectivity index is 0.000000169. The van der Waals surface area contributed by atoms with E-state index in [2.05, 4.69) is 53.6 Å². The van der Waals surface area contributed by atoms with Gasteiger partial charge in [-0.25, -0.2) is 9.59 Å². The lowest BCUT2D eigenvalue weighted by molar-refractivity contribution is -0.958. The number of halogens is 2. The number of carbonyl (C=O) groups is 2. The second kappa shape index (κ2) is 24.4. The van der Waals surface area contributed by atoms with E-state index in [1.807, 2.05) is 152 Å². The second-order valence-corrected chi connectivity index (χ2v) is 18.1. The number of ether oxygens (including phenoxy) is 2. The average molecular weight is 1020 g/mol. The quantitative estimate of drug-likeness (QED) is 0.0665. The molecule has 6 fully saturated rings. The van der Waals surface area contributed by atoms with Crippen LogP contribution in [0.25, 0.3) is 0 Å². The molecule has 4 bridgehead atoms. The van der Waals surface area contributed by atoms with Gasteiger partial charge in [-0.2, -0.15) is 0 Å². The van der Waals surface area contributed by atoms with E-state index in [1.54, 1.807) is 6.20 Å². The predicted octanol–water partition coefficient (Wildman–Crippen LogP) is 10.6. The lowest BCUT2D eigenvalue weighted by Gasteiger charge is -2.52. The smallest absolute Gasteiger partial charge is 0.333 e. The van der Waals surface area contributed by atoms with E-state index < -0.39 is 12.1 Å². The minimum Gasteiger partial charge on any atom is -0.459 e. The maximum atomic E-state index is 13.5. The minimum absolute atomic E-state index is 0. The SMILES string of the molecule is Br.BrCc1ccccn1.O=C(O[C@H]1CN2CCC1CC2)[C@H](Nc1ccccc1)c1ccccc1.O=C(O[C@H]1C[N+]2(Cc3ccccn3)CCC1CC2)[C@H](Nc1ccccc1)c1ccccc1. The number of nitrogens with one attached hydrogen (secondary N) is 2. The van der Waals surface area contributed by atoms with Gasteiger partial charge in [-0.05, 0) is 91.5 Å². The van der Waals surface area contributed by atoms with E-state index in [-0.39, 0.29) is 41.1 Å². The topological polar surface area (TPSA) is 106 Å². The highest BCUT2D eigenvalue weighted by Gasteiger charge is 2.48. The van der Waals surface area contributed by atoms with Gasteiger partial charge >= 0.3 is 11.9 Å². The normalized spacial score (nSPS) is 23.1. The molecule has 6 saturated heterocycles. The fourth-order valence-electron chi connectivity index (χ4n) is 9.62. The highest BCUT2D eigenvalue weighted by atomic mass is 79.9. The van der Waals surface area contributed by atoms with Crippen molar-refractivity contribution in [3.05, 3.63) is 193 Å². The van der Waals surface area contributed by atoms with Crippen LogP contribution in [0.2, 0.25) is 0 Å². The molecule has 0 amide bonds. The summed E-state index contributed by atoms with van der Waals surface area (Å²) >= 11 is 3.29. The summed E-state index contributed by atoms with van der Waals surface area (Å²) in [6, 6.07) is 50.3. The van der Waals surface area contributed by atoms with Gasteiger partial charge in [0.05, 0.1) is 24.5 Å². The number of pyridine rings is 2. The van der Waals surface area contributed by atoms with E-state index in [9.17, 15) is 9.59 Å². The number of nitrogens with zero attached hydrogens (tertiary/aromatic N) is 4. The van der Waals surface area contributed by atoms with Gasteiger partial charge in [0.1, 0.15) is 19.2 Å². The molecule has 12 heteroatoms. The number of para-hydroxylation sites is 2. The molecule has 0 saturated carbocycles. The van der Waals surface area contributed by atoms with Crippen LogP contribution in [0, 0.1) is 11.8 Å². The molecule has 6 aromatic rings. The molecule has 10 nitrogen and oxygen atoms in total. The molecule has 0 spiro atoms. The van der Waals surface area contributed by atoms with Crippen LogP contribution in [0.15, 0.2) is 170 Å². The summed E-state index contributed by atoms with van der Waals surface area (Å²) < 4.78 is 13.2. The molecule has 4 atom stereocenters. The van der Waals surface area contributed by atoms with Crippen molar-refractivity contribution in [3.8, 4) is 0 Å². The Kier molecular flexibility index (Phi) is 17.9. The lowest BCUT2D eigenvalue weighted by atomic mass is 9.83. The summed E-state index contributed by atoms with van der Waals surface area (Å²) in [6.45, 7) is 7.22. The van der Waals surface area contributed by atoms with Gasteiger partial charge in [-0.1, -0.05) is 125 Å². The second-order valence-electron chi connectivity index (χ2n) is 17.5. The average Bonchev–Trinajstić information content (AvgIpc) is 3.37. The zero-order chi connectivity index (χ0) is 44.7. The van der Waals surface area contributed by atoms with Crippen LogP contribution in [0.5, 0.6) is 0 Å². The third-order valence-corrected chi connectivity index (χ3v) is 13.7. The fraction of sp³-hybridized carbons (Fsp3) is 0.333. The first-order chi connectivity index (χ1) is 31.9. The van der Waals surface area contributed by atoms with E-state index in [0.717, 1.165) is 115 Å². The van der Waals surface area contributed by atoms with Crippen LogP contribution in [-0.4, -0.2) is 82.8 Å². The van der Waals surface area contributed by atoms with E-state index >= 15 is 0 Å². The Bertz CT molecular complexity index is 2340. The molecule has 344 valence electrons. The summed E-state index contributed by atoms with van der Waals surface area (Å²) in [5, 5.41) is 7.57. The molecule has 4 aromatic carbocycles. The minimum atomic E-state index is -0.529. The third-order valence-electron chi connectivity index (χ3n) is 13.2. The van der Waals surface area contributed by atoms with E-state index in [1.165, 1.54) is 0 Å². The number of rotatable bonds is 13. The van der Waals surface area contributed by atoms with E-state index in [4.69, 9.17) is 9.47 Å². The van der Waals surface area contributed by atoms with Crippen molar-refractivity contribution in [2.75, 3.05) is 49.9 Å². The van der Waals surface area contributed by atoms with Gasteiger partial charge in [0.15, 0.2) is 18.2 Å². The van der Waals surface area contributed by atoms with Crippen molar-refractivity contribution >= 4 is 56.2 Å². The van der Waals surface area contributed by atoms with Crippen LogP contribution in [0.1, 0.15) is 60.3 Å². The molecule has 0 radical (unpaired) electrons. The summed E-state index contributed by atoms with van der Waals surface area (Å²) in [7, 11) is 0. The molecule has 0 aliphatic carbocycles. The number of alkyl halides is 1. The van der Waals surface area contributed by atoms with Gasteiger partial charge in [-0.15, -0.1) is 17.0 Å². The predicted molar refractivity (Wildman–Crippen MR) is 270 cm³/mol. The maximum absolute atomic E-state index is 13.5. The number of quaternary nitrogens is 1. The van der Waals surface area contributed by atoms with Crippen LogP contribution >= 0.6 is 32.9 Å². The van der Waals surface area contributed by atoms with Crippen molar-refractivity contribution < 1.29 is 23.5 Å². The van der Waals surface area contributed by atoms with Crippen molar-refractivity contribution in [3.63, 3.8) is 0 Å². The van der Waals surface area contributed by atoms with Crippen molar-refractivity contribution in [1.82, 2.24) is 14.9 Å². The molecule has 6 aliphatic heterocycles. The first kappa shape index (κ1) is 48.5. The number of carbonyl (C=O) groups excluding carboxylic acids is 2. The Morgan fingerprint density at radius 1 is 0.591 bits per heavy atom. The van der Waals surface area contributed by atoms with Gasteiger partial charge in [-0.3, -0.25) is 14.9 Å². The van der Waals surface area contributed by atoms with Crippen LogP contribution < -0.4 is 10.6 Å². The monoisotopic (exact) mass is 1020 g/mol. The molecule has 12 rings (SSSR count). The molecule has 8 heterocycles. The molecular formula is C54H61Br2N6O4+. The van der Waals surface area contributed by atoms with Crippen molar-refractivity contribution in [1.29, 1.82) is 0 Å². The Morgan fingerprint density at radius 2 is 1.03 bits per heavy atom. The number of aromatic nitrogens is 2. The summed E-state index contributed by atoms with van der Waals surface area (Å²) in [6.07, 6.45) is 8.12. The molecule has 6 aliphatic rings. The highest BCUT2D eigenvalue weighted by molar-refractivity contribution is 9.08. The van der Waals surface area contributed by atoms with Crippen molar-refractivity contribution in [2.24, 2.45) is 11.8 Å². The molecular weight excluding hydrogens is 956 g/mol. The Morgan fingerprint density at radius 3 is 1.45 bits per heavy atom. The summed E-state index contributed by atoms with van der Waals surface area (Å²) in [5.74, 6) is 0.585. The number of piperidine rings is 6. The summed E-state index contributed by atoms with van der Waals surface area (Å²) in [4.78, 5) is 37.4.